The Morgan fingerprint density at radius 1 is 1.45 bits per heavy atom. The lowest BCUT2D eigenvalue weighted by Gasteiger charge is -2.27. The Bertz CT molecular complexity index is 583. The van der Waals surface area contributed by atoms with Gasteiger partial charge in [-0.25, -0.2) is 8.78 Å². The van der Waals surface area contributed by atoms with Crippen molar-refractivity contribution in [2.75, 3.05) is 13.1 Å². The zero-order chi connectivity index (χ0) is 15.2. The highest BCUT2D eigenvalue weighted by atomic mass is 35.5. The topological polar surface area (TPSA) is 40.5 Å². The lowest BCUT2D eigenvalue weighted by molar-refractivity contribution is -0.149. The number of carboxylic acid groups (broad SMARTS) is 1. The fourth-order valence-electron chi connectivity index (χ4n) is 4.00. The number of carboxylic acids is 1. The molecule has 0 amide bonds. The van der Waals surface area contributed by atoms with Gasteiger partial charge in [-0.2, -0.15) is 0 Å². The maximum Gasteiger partial charge on any atom is 0.311 e. The summed E-state index contributed by atoms with van der Waals surface area (Å²) in [7, 11) is 0. The molecule has 2 aliphatic rings. The van der Waals surface area contributed by atoms with Crippen LogP contribution >= 0.6 is 12.4 Å². The third kappa shape index (κ3) is 2.61. The first kappa shape index (κ1) is 17.2. The second kappa shape index (κ2) is 6.13. The summed E-state index contributed by atoms with van der Waals surface area (Å²) in [6, 6.07) is 3.12. The SMILES string of the molecule is CC(c1cc(F)ccc1F)N1C[C@@H]2CCC[C@@]2(C(=O)O)C1.Cl. The number of hydrogen-bond acceptors (Lipinski definition) is 2. The molecule has 3 atom stereocenters. The van der Waals surface area contributed by atoms with E-state index in [4.69, 9.17) is 0 Å². The van der Waals surface area contributed by atoms with Crippen LogP contribution < -0.4 is 0 Å². The van der Waals surface area contributed by atoms with Gasteiger partial charge in [0.05, 0.1) is 5.41 Å². The first-order valence-corrected chi connectivity index (χ1v) is 7.36. The molecule has 1 saturated carbocycles. The molecule has 22 heavy (non-hydrogen) atoms. The first-order chi connectivity index (χ1) is 9.94. The molecule has 1 heterocycles. The fraction of sp³-hybridized carbons (Fsp3) is 0.562. The van der Waals surface area contributed by atoms with Crippen LogP contribution in [-0.2, 0) is 4.79 Å². The van der Waals surface area contributed by atoms with E-state index in [1.807, 2.05) is 11.8 Å². The molecule has 1 N–H and O–H groups in total. The second-order valence-corrected chi connectivity index (χ2v) is 6.32. The summed E-state index contributed by atoms with van der Waals surface area (Å²) in [6.45, 7) is 2.88. The van der Waals surface area contributed by atoms with E-state index in [-0.39, 0.29) is 24.4 Å². The monoisotopic (exact) mass is 331 g/mol. The van der Waals surface area contributed by atoms with Gasteiger partial charge in [0, 0.05) is 24.7 Å². The fourth-order valence-corrected chi connectivity index (χ4v) is 4.00. The van der Waals surface area contributed by atoms with Gasteiger partial charge in [-0.15, -0.1) is 12.4 Å². The van der Waals surface area contributed by atoms with Crippen LogP contribution in [0.1, 0.15) is 37.8 Å². The molecule has 3 nitrogen and oxygen atoms in total. The third-order valence-corrected chi connectivity index (χ3v) is 5.28. The summed E-state index contributed by atoms with van der Waals surface area (Å²) in [5.41, 5.74) is -0.395. The van der Waals surface area contributed by atoms with Crippen LogP contribution in [0.4, 0.5) is 8.78 Å². The Morgan fingerprint density at radius 2 is 2.18 bits per heavy atom. The highest BCUT2D eigenvalue weighted by Gasteiger charge is 2.55. The van der Waals surface area contributed by atoms with Gasteiger partial charge in [-0.3, -0.25) is 9.69 Å². The van der Waals surface area contributed by atoms with E-state index in [2.05, 4.69) is 0 Å². The number of benzene rings is 1. The summed E-state index contributed by atoms with van der Waals surface area (Å²) in [4.78, 5) is 13.7. The van der Waals surface area contributed by atoms with Crippen molar-refractivity contribution >= 4 is 18.4 Å². The van der Waals surface area contributed by atoms with Crippen LogP contribution in [0.2, 0.25) is 0 Å². The number of rotatable bonds is 3. The van der Waals surface area contributed by atoms with Crippen LogP contribution in [-0.4, -0.2) is 29.1 Å². The van der Waals surface area contributed by atoms with Crippen molar-refractivity contribution in [1.29, 1.82) is 0 Å². The maximum atomic E-state index is 13.9. The van der Waals surface area contributed by atoms with Crippen LogP contribution in [0, 0.1) is 23.0 Å². The molecule has 6 heteroatoms. The number of likely N-dealkylation sites (tertiary alicyclic amines) is 1. The van der Waals surface area contributed by atoms with Crippen LogP contribution in [0.15, 0.2) is 18.2 Å². The lowest BCUT2D eigenvalue weighted by Crippen LogP contribution is -2.36. The summed E-state index contributed by atoms with van der Waals surface area (Å²) >= 11 is 0. The lowest BCUT2D eigenvalue weighted by atomic mass is 9.81. The minimum Gasteiger partial charge on any atom is -0.481 e. The van der Waals surface area contributed by atoms with Gasteiger partial charge in [0.15, 0.2) is 0 Å². The van der Waals surface area contributed by atoms with E-state index in [0.717, 1.165) is 25.0 Å². The largest absolute Gasteiger partial charge is 0.481 e. The maximum absolute atomic E-state index is 13.9. The van der Waals surface area contributed by atoms with Crippen molar-refractivity contribution in [3.63, 3.8) is 0 Å². The number of fused-ring (bicyclic) bond motifs is 1. The zero-order valence-electron chi connectivity index (χ0n) is 12.4. The molecule has 1 aromatic rings. The minimum absolute atomic E-state index is 0. The molecule has 0 spiro atoms. The molecule has 122 valence electrons. The van der Waals surface area contributed by atoms with Gasteiger partial charge in [-0.1, -0.05) is 6.42 Å². The summed E-state index contributed by atoms with van der Waals surface area (Å²) < 4.78 is 27.3. The first-order valence-electron chi connectivity index (χ1n) is 7.36. The van der Waals surface area contributed by atoms with E-state index >= 15 is 0 Å². The second-order valence-electron chi connectivity index (χ2n) is 6.32. The number of nitrogens with zero attached hydrogens (tertiary/aromatic N) is 1. The van der Waals surface area contributed by atoms with E-state index in [1.165, 1.54) is 6.07 Å². The zero-order valence-corrected chi connectivity index (χ0v) is 13.2. The Kier molecular flexibility index (Phi) is 4.78. The Balaban J connectivity index is 0.00000176. The average molecular weight is 332 g/mol. The predicted molar refractivity (Wildman–Crippen MR) is 81.0 cm³/mol. The normalized spacial score (nSPS) is 29.0. The van der Waals surface area contributed by atoms with E-state index in [0.29, 0.717) is 25.1 Å². The van der Waals surface area contributed by atoms with Crippen LogP contribution in [0.25, 0.3) is 0 Å². The Hall–Kier alpha value is -1.20. The number of aliphatic carboxylic acids is 1. The molecule has 1 saturated heterocycles. The average Bonchev–Trinajstić information content (AvgIpc) is 2.98. The quantitative estimate of drug-likeness (QED) is 0.919. The Morgan fingerprint density at radius 3 is 2.82 bits per heavy atom. The van der Waals surface area contributed by atoms with Crippen LogP contribution in [0.5, 0.6) is 0 Å². The van der Waals surface area contributed by atoms with Gasteiger partial charge in [0.25, 0.3) is 0 Å². The summed E-state index contributed by atoms with van der Waals surface area (Å²) in [5, 5.41) is 9.58. The van der Waals surface area contributed by atoms with E-state index in [1.54, 1.807) is 0 Å². The molecule has 3 rings (SSSR count). The third-order valence-electron chi connectivity index (χ3n) is 5.28. The molecule has 2 fully saturated rings. The Labute approximate surface area is 134 Å². The van der Waals surface area contributed by atoms with Gasteiger partial charge in [-0.05, 0) is 43.9 Å². The van der Waals surface area contributed by atoms with Gasteiger partial charge >= 0.3 is 5.97 Å². The van der Waals surface area contributed by atoms with Gasteiger partial charge < -0.3 is 5.11 Å². The molecular formula is C16H20ClF2NO2. The summed E-state index contributed by atoms with van der Waals surface area (Å²) in [6.07, 6.45) is 2.52. The van der Waals surface area contributed by atoms with E-state index < -0.39 is 23.0 Å². The molecule has 1 aromatic carbocycles. The summed E-state index contributed by atoms with van der Waals surface area (Å²) in [5.74, 6) is -1.54. The predicted octanol–water partition coefficient (Wildman–Crippen LogP) is 3.63. The molecular weight excluding hydrogens is 312 g/mol. The molecule has 0 radical (unpaired) electrons. The number of halogens is 3. The minimum atomic E-state index is -0.751. The smallest absolute Gasteiger partial charge is 0.311 e. The molecule has 1 unspecified atom stereocenters. The standard InChI is InChI=1S/C16H19F2NO2.ClH/c1-10(13-7-12(17)4-5-14(13)18)19-8-11-3-2-6-16(11,9-19)15(20)21;/h4-5,7,10-11H,2-3,6,8-9H2,1H3,(H,20,21);1H/t10?,11-,16+;/m0./s1. The molecule has 0 bridgehead atoms. The molecule has 0 aromatic heterocycles. The molecule has 1 aliphatic heterocycles. The molecule has 1 aliphatic carbocycles. The van der Waals surface area contributed by atoms with Crippen molar-refractivity contribution in [2.45, 2.75) is 32.2 Å². The van der Waals surface area contributed by atoms with Crippen molar-refractivity contribution < 1.29 is 18.7 Å². The van der Waals surface area contributed by atoms with Crippen molar-refractivity contribution in [3.05, 3.63) is 35.4 Å². The van der Waals surface area contributed by atoms with E-state index in [9.17, 15) is 18.7 Å². The number of hydrogen-bond donors (Lipinski definition) is 1. The highest BCUT2D eigenvalue weighted by molar-refractivity contribution is 5.85. The number of carbonyl (C=O) groups is 1. The van der Waals surface area contributed by atoms with Gasteiger partial charge in [0.1, 0.15) is 11.6 Å². The van der Waals surface area contributed by atoms with Crippen LogP contribution in [0.3, 0.4) is 0 Å². The van der Waals surface area contributed by atoms with Crippen molar-refractivity contribution in [2.24, 2.45) is 11.3 Å². The van der Waals surface area contributed by atoms with Crippen molar-refractivity contribution in [3.8, 4) is 0 Å². The van der Waals surface area contributed by atoms with Gasteiger partial charge in [0.2, 0.25) is 0 Å². The van der Waals surface area contributed by atoms with Crippen molar-refractivity contribution in [1.82, 2.24) is 4.90 Å². The highest BCUT2D eigenvalue weighted by Crippen LogP contribution is 2.50.